The van der Waals surface area contributed by atoms with Crippen molar-refractivity contribution in [3.8, 4) is 0 Å². The van der Waals surface area contributed by atoms with Crippen LogP contribution in [0.1, 0.15) is 27.1 Å². The highest BCUT2D eigenvalue weighted by molar-refractivity contribution is 6.05. The van der Waals surface area contributed by atoms with Gasteiger partial charge in [-0.05, 0) is 0 Å². The van der Waals surface area contributed by atoms with Gasteiger partial charge in [0.2, 0.25) is 0 Å². The summed E-state index contributed by atoms with van der Waals surface area (Å²) in [6.07, 6.45) is 0.416. The third-order valence-electron chi connectivity index (χ3n) is 4.54. The van der Waals surface area contributed by atoms with E-state index in [0.29, 0.717) is 43.1 Å². The van der Waals surface area contributed by atoms with E-state index in [1.165, 1.54) is 6.08 Å². The number of aliphatic hydroxyl groups excluding tert-OH is 1. The number of nitrogens with zero attached hydrogens (tertiary/aromatic N) is 1. The minimum absolute atomic E-state index is 0.0896. The molecule has 1 saturated heterocycles. The van der Waals surface area contributed by atoms with E-state index in [0.717, 1.165) is 0 Å². The molecule has 1 heterocycles. The lowest BCUT2D eigenvalue weighted by Crippen LogP contribution is -2.37. The Labute approximate surface area is 158 Å². The van der Waals surface area contributed by atoms with E-state index < -0.39 is 6.10 Å². The molecule has 2 aromatic rings. The molecule has 0 aromatic heterocycles. The molecular weight excluding hydrogens is 342 g/mol. The van der Waals surface area contributed by atoms with Crippen molar-refractivity contribution in [1.29, 1.82) is 0 Å². The lowest BCUT2D eigenvalue weighted by molar-refractivity contribution is 0.0460. The van der Waals surface area contributed by atoms with Crippen molar-refractivity contribution in [2.24, 2.45) is 0 Å². The number of hydrogen-bond acceptors (Lipinski definition) is 5. The van der Waals surface area contributed by atoms with Crippen LogP contribution < -0.4 is 0 Å². The van der Waals surface area contributed by atoms with Gasteiger partial charge in [0.15, 0.2) is 11.6 Å². The highest BCUT2D eigenvalue weighted by Crippen LogP contribution is 2.18. The number of Topliss-reactive ketones (excluding diaryl/α,β-unsaturated/α-hetero) is 1. The molecule has 5 nitrogen and oxygen atoms in total. The largest absolute Gasteiger partial charge is 0.385 e. The Morgan fingerprint density at radius 2 is 1.52 bits per heavy atom. The summed E-state index contributed by atoms with van der Waals surface area (Å²) in [6.45, 7) is 2.36. The van der Waals surface area contributed by atoms with Crippen LogP contribution in [-0.4, -0.2) is 54.0 Å². The Morgan fingerprint density at radius 1 is 0.963 bits per heavy atom. The van der Waals surface area contributed by atoms with Crippen molar-refractivity contribution in [2.45, 2.75) is 12.5 Å². The van der Waals surface area contributed by atoms with Gasteiger partial charge in [0.25, 0.3) is 0 Å². The molecule has 1 unspecified atom stereocenters. The normalized spacial score (nSPS) is 16.0. The third-order valence-corrected chi connectivity index (χ3v) is 4.54. The van der Waals surface area contributed by atoms with Crippen LogP contribution in [0.3, 0.4) is 0 Å². The fourth-order valence-corrected chi connectivity index (χ4v) is 3.05. The molecule has 0 spiro atoms. The molecule has 1 aliphatic heterocycles. The summed E-state index contributed by atoms with van der Waals surface area (Å²) >= 11 is 0. The van der Waals surface area contributed by atoms with Crippen molar-refractivity contribution in [2.75, 3.05) is 26.3 Å². The van der Waals surface area contributed by atoms with Crippen LogP contribution in [0.15, 0.2) is 72.4 Å². The number of carbonyl (C=O) groups excluding carboxylic acids is 2. The quantitative estimate of drug-likeness (QED) is 0.604. The number of ketones is 2. The zero-order chi connectivity index (χ0) is 19.1. The van der Waals surface area contributed by atoms with Crippen LogP contribution in [0.25, 0.3) is 0 Å². The van der Waals surface area contributed by atoms with E-state index in [-0.39, 0.29) is 18.0 Å². The minimum atomic E-state index is -1.20. The SMILES string of the molecule is O=C(C=C(CC(O)C(=O)c1ccccc1)N1CCOCC1)c1ccccc1. The van der Waals surface area contributed by atoms with Crippen molar-refractivity contribution in [3.63, 3.8) is 0 Å². The van der Waals surface area contributed by atoms with Crippen LogP contribution >= 0.6 is 0 Å². The van der Waals surface area contributed by atoms with E-state index in [9.17, 15) is 14.7 Å². The van der Waals surface area contributed by atoms with Gasteiger partial charge in [0, 0.05) is 42.4 Å². The highest BCUT2D eigenvalue weighted by atomic mass is 16.5. The molecule has 1 N–H and O–H groups in total. The Morgan fingerprint density at radius 3 is 2.11 bits per heavy atom. The van der Waals surface area contributed by atoms with E-state index in [2.05, 4.69) is 0 Å². The molecule has 1 atom stereocenters. The molecule has 0 bridgehead atoms. The van der Waals surface area contributed by atoms with Crippen LogP contribution in [0.5, 0.6) is 0 Å². The van der Waals surface area contributed by atoms with Crippen molar-refractivity contribution >= 4 is 11.6 Å². The molecule has 140 valence electrons. The first kappa shape index (κ1) is 19.0. The average molecular weight is 365 g/mol. The molecule has 27 heavy (non-hydrogen) atoms. The molecular formula is C22H23NO4. The first-order chi connectivity index (χ1) is 13.1. The molecule has 2 aromatic carbocycles. The molecule has 0 saturated carbocycles. The first-order valence-corrected chi connectivity index (χ1v) is 9.05. The molecule has 1 fully saturated rings. The van der Waals surface area contributed by atoms with Gasteiger partial charge in [-0.1, -0.05) is 60.7 Å². The second-order valence-corrected chi connectivity index (χ2v) is 6.42. The monoisotopic (exact) mass is 365 g/mol. The average Bonchev–Trinajstić information content (AvgIpc) is 2.74. The van der Waals surface area contributed by atoms with Gasteiger partial charge >= 0.3 is 0 Å². The molecule has 1 aliphatic rings. The summed E-state index contributed by atoms with van der Waals surface area (Å²) < 4.78 is 5.38. The Balaban J connectivity index is 1.80. The fourth-order valence-electron chi connectivity index (χ4n) is 3.05. The summed E-state index contributed by atoms with van der Waals surface area (Å²) in [4.78, 5) is 27.1. The van der Waals surface area contributed by atoms with Gasteiger partial charge in [0.05, 0.1) is 13.2 Å². The van der Waals surface area contributed by atoms with Gasteiger partial charge in [0.1, 0.15) is 6.10 Å². The summed E-state index contributed by atoms with van der Waals surface area (Å²) in [7, 11) is 0. The second-order valence-electron chi connectivity index (χ2n) is 6.42. The third kappa shape index (κ3) is 5.12. The zero-order valence-electron chi connectivity index (χ0n) is 15.1. The van der Waals surface area contributed by atoms with E-state index in [4.69, 9.17) is 4.74 Å². The number of ether oxygens (including phenoxy) is 1. The van der Waals surface area contributed by atoms with Crippen molar-refractivity contribution in [1.82, 2.24) is 4.90 Å². The fraction of sp³-hybridized carbons (Fsp3) is 0.273. The number of aliphatic hydroxyl groups is 1. The molecule has 3 rings (SSSR count). The Kier molecular flexibility index (Phi) is 6.52. The number of morpholine rings is 1. The number of rotatable bonds is 7. The zero-order valence-corrected chi connectivity index (χ0v) is 15.1. The predicted molar refractivity (Wildman–Crippen MR) is 103 cm³/mol. The van der Waals surface area contributed by atoms with Gasteiger partial charge < -0.3 is 14.7 Å². The first-order valence-electron chi connectivity index (χ1n) is 9.05. The van der Waals surface area contributed by atoms with E-state index in [1.54, 1.807) is 36.4 Å². The number of hydrogen-bond donors (Lipinski definition) is 1. The lowest BCUT2D eigenvalue weighted by atomic mass is 10.0. The van der Waals surface area contributed by atoms with Gasteiger partial charge in [-0.15, -0.1) is 0 Å². The minimum Gasteiger partial charge on any atom is -0.385 e. The van der Waals surface area contributed by atoms with Crippen LogP contribution in [0, 0.1) is 0 Å². The van der Waals surface area contributed by atoms with Crippen LogP contribution in [0.4, 0.5) is 0 Å². The maximum Gasteiger partial charge on any atom is 0.191 e. The van der Waals surface area contributed by atoms with E-state index in [1.807, 2.05) is 29.2 Å². The highest BCUT2D eigenvalue weighted by Gasteiger charge is 2.23. The van der Waals surface area contributed by atoms with Gasteiger partial charge in [-0.2, -0.15) is 0 Å². The Hall–Kier alpha value is -2.76. The molecule has 0 radical (unpaired) electrons. The lowest BCUT2D eigenvalue weighted by Gasteiger charge is -2.32. The maximum atomic E-state index is 12.6. The van der Waals surface area contributed by atoms with Crippen molar-refractivity contribution < 1.29 is 19.4 Å². The van der Waals surface area contributed by atoms with Crippen molar-refractivity contribution in [3.05, 3.63) is 83.6 Å². The Bertz CT molecular complexity index is 796. The van der Waals surface area contributed by atoms with Crippen LogP contribution in [-0.2, 0) is 4.74 Å². The second kappa shape index (κ2) is 9.26. The number of benzene rings is 2. The topological polar surface area (TPSA) is 66.8 Å². The van der Waals surface area contributed by atoms with Gasteiger partial charge in [-0.3, -0.25) is 9.59 Å². The molecule has 0 amide bonds. The van der Waals surface area contributed by atoms with Crippen LogP contribution in [0.2, 0.25) is 0 Å². The summed E-state index contributed by atoms with van der Waals surface area (Å²) in [5, 5.41) is 10.5. The number of allylic oxidation sites excluding steroid dienone is 1. The van der Waals surface area contributed by atoms with Gasteiger partial charge in [-0.25, -0.2) is 0 Å². The van der Waals surface area contributed by atoms with E-state index >= 15 is 0 Å². The predicted octanol–water partition coefficient (Wildman–Crippen LogP) is 2.72. The summed E-state index contributed by atoms with van der Waals surface area (Å²) in [6, 6.07) is 17.7. The summed E-state index contributed by atoms with van der Waals surface area (Å²) in [5.41, 5.74) is 1.69. The molecule has 0 aliphatic carbocycles. The molecule has 5 heteroatoms. The standard InChI is InChI=1S/C22H23NO4/c24-20(17-7-3-1-4-8-17)15-19(23-11-13-27-14-12-23)16-21(25)22(26)18-9-5-2-6-10-18/h1-10,15,21,25H,11-14,16H2. The summed E-state index contributed by atoms with van der Waals surface area (Å²) in [5.74, 6) is -0.488. The maximum absolute atomic E-state index is 12.6. The number of carbonyl (C=O) groups is 2. The smallest absolute Gasteiger partial charge is 0.191 e.